The highest BCUT2D eigenvalue weighted by Crippen LogP contribution is 2.11. The molecule has 0 unspecified atom stereocenters. The molecule has 0 saturated carbocycles. The fraction of sp³-hybridized carbons (Fsp3) is 0.579. The summed E-state index contributed by atoms with van der Waals surface area (Å²) in [5.74, 6) is -0.981. The molecule has 0 fully saturated rings. The minimum atomic E-state index is -0.981. The van der Waals surface area contributed by atoms with Crippen molar-refractivity contribution in [2.75, 3.05) is 0 Å². The van der Waals surface area contributed by atoms with Crippen LogP contribution in [0.5, 0.6) is 0 Å². The summed E-state index contributed by atoms with van der Waals surface area (Å²) >= 11 is 0. The van der Waals surface area contributed by atoms with E-state index < -0.39 is 5.97 Å². The summed E-state index contributed by atoms with van der Waals surface area (Å²) in [4.78, 5) is 14.6. The van der Waals surface area contributed by atoms with Gasteiger partial charge < -0.3 is 5.11 Å². The Morgan fingerprint density at radius 1 is 1.05 bits per heavy atom. The fourth-order valence-corrected chi connectivity index (χ4v) is 2.42. The highest BCUT2D eigenvalue weighted by atomic mass is 16.4. The Bertz CT molecular complexity index is 437. The van der Waals surface area contributed by atoms with Crippen molar-refractivity contribution in [2.24, 2.45) is 0 Å². The van der Waals surface area contributed by atoms with E-state index in [1.807, 2.05) is 6.08 Å². The Kier molecular flexibility index (Phi) is 10.0. The lowest BCUT2D eigenvalue weighted by molar-refractivity contribution is 0.0690. The van der Waals surface area contributed by atoms with Gasteiger partial charge in [0, 0.05) is 6.20 Å². The number of hydrogen-bond acceptors (Lipinski definition) is 2. The fourth-order valence-electron chi connectivity index (χ4n) is 2.42. The highest BCUT2D eigenvalue weighted by Gasteiger charge is 2.01. The van der Waals surface area contributed by atoms with E-state index in [9.17, 15) is 4.79 Å². The molecule has 1 aromatic rings. The third-order valence-corrected chi connectivity index (χ3v) is 3.79. The van der Waals surface area contributed by atoms with E-state index in [1.54, 1.807) is 18.3 Å². The molecule has 122 valence electrons. The van der Waals surface area contributed by atoms with Gasteiger partial charge in [0.05, 0.1) is 0 Å². The van der Waals surface area contributed by atoms with Gasteiger partial charge in [-0.05, 0) is 24.5 Å². The number of allylic oxidation sites excluding steroid dienone is 1. The number of unbranched alkanes of at least 4 members (excludes halogenated alkanes) is 9. The predicted octanol–water partition coefficient (Wildman–Crippen LogP) is 5.71. The third-order valence-electron chi connectivity index (χ3n) is 3.79. The Morgan fingerprint density at radius 2 is 1.68 bits per heavy atom. The monoisotopic (exact) mass is 303 g/mol. The van der Waals surface area contributed by atoms with Gasteiger partial charge in [-0.25, -0.2) is 9.78 Å². The van der Waals surface area contributed by atoms with Crippen LogP contribution in [0.2, 0.25) is 0 Å². The second-order valence-corrected chi connectivity index (χ2v) is 5.80. The summed E-state index contributed by atoms with van der Waals surface area (Å²) < 4.78 is 0. The standard InChI is InChI=1S/C19H29NO2/c1-2-3-4-5-6-7-8-9-10-11-12-13-17-14-15-18(19(21)22)20-16-17/h12-16H,2-11H2,1H3,(H,21,22). The molecule has 1 heterocycles. The lowest BCUT2D eigenvalue weighted by Crippen LogP contribution is -1.98. The largest absolute Gasteiger partial charge is 0.477 e. The van der Waals surface area contributed by atoms with Crippen LogP contribution in [0.4, 0.5) is 0 Å². The third kappa shape index (κ3) is 8.60. The molecule has 1 rings (SSSR count). The number of hydrogen-bond donors (Lipinski definition) is 1. The van der Waals surface area contributed by atoms with Gasteiger partial charge in [-0.2, -0.15) is 0 Å². The lowest BCUT2D eigenvalue weighted by Gasteiger charge is -2.00. The first-order valence-electron chi connectivity index (χ1n) is 8.60. The number of carboxylic acids is 1. The number of carbonyl (C=O) groups is 1. The molecule has 0 atom stereocenters. The molecule has 3 nitrogen and oxygen atoms in total. The van der Waals surface area contributed by atoms with Crippen LogP contribution in [0, 0.1) is 0 Å². The van der Waals surface area contributed by atoms with Gasteiger partial charge in [0.1, 0.15) is 5.69 Å². The number of nitrogens with zero attached hydrogens (tertiary/aromatic N) is 1. The van der Waals surface area contributed by atoms with Gasteiger partial charge in [0.15, 0.2) is 0 Å². The summed E-state index contributed by atoms with van der Waals surface area (Å²) in [7, 11) is 0. The summed E-state index contributed by atoms with van der Waals surface area (Å²) in [5, 5.41) is 8.77. The van der Waals surface area contributed by atoms with E-state index in [0.717, 1.165) is 12.0 Å². The normalized spacial score (nSPS) is 11.1. The lowest BCUT2D eigenvalue weighted by atomic mass is 10.1. The maximum absolute atomic E-state index is 10.7. The molecule has 1 aromatic heterocycles. The van der Waals surface area contributed by atoms with Crippen LogP contribution < -0.4 is 0 Å². The van der Waals surface area contributed by atoms with Crippen molar-refractivity contribution in [3.05, 3.63) is 35.7 Å². The molecule has 0 spiro atoms. The number of pyridine rings is 1. The average molecular weight is 303 g/mol. The Balaban J connectivity index is 2.03. The molecule has 0 aromatic carbocycles. The Morgan fingerprint density at radius 3 is 2.23 bits per heavy atom. The van der Waals surface area contributed by atoms with Crippen molar-refractivity contribution in [3.63, 3.8) is 0 Å². The number of aromatic nitrogens is 1. The smallest absolute Gasteiger partial charge is 0.354 e. The molecule has 0 aliphatic heterocycles. The molecule has 0 radical (unpaired) electrons. The molecule has 1 N–H and O–H groups in total. The zero-order valence-corrected chi connectivity index (χ0v) is 13.8. The van der Waals surface area contributed by atoms with Crippen molar-refractivity contribution in [3.8, 4) is 0 Å². The van der Waals surface area contributed by atoms with Crippen LogP contribution in [0.25, 0.3) is 6.08 Å². The van der Waals surface area contributed by atoms with Crippen molar-refractivity contribution in [1.82, 2.24) is 4.98 Å². The number of rotatable bonds is 12. The number of carboxylic acid groups (broad SMARTS) is 1. The zero-order chi connectivity index (χ0) is 16.0. The molecule has 22 heavy (non-hydrogen) atoms. The minimum Gasteiger partial charge on any atom is -0.477 e. The Labute approximate surface area is 134 Å². The molecule has 0 amide bonds. The first kappa shape index (κ1) is 18.4. The van der Waals surface area contributed by atoms with Gasteiger partial charge in [-0.1, -0.05) is 76.5 Å². The van der Waals surface area contributed by atoms with Crippen LogP contribution in [0.15, 0.2) is 24.4 Å². The second-order valence-electron chi connectivity index (χ2n) is 5.80. The molecule has 0 bridgehead atoms. The summed E-state index contributed by atoms with van der Waals surface area (Å²) in [5.41, 5.74) is 1.05. The van der Waals surface area contributed by atoms with Crippen molar-refractivity contribution >= 4 is 12.0 Å². The number of aromatic carboxylic acids is 1. The van der Waals surface area contributed by atoms with Gasteiger partial charge >= 0.3 is 5.97 Å². The van der Waals surface area contributed by atoms with Crippen molar-refractivity contribution < 1.29 is 9.90 Å². The molecular formula is C19H29NO2. The minimum absolute atomic E-state index is 0.0936. The summed E-state index contributed by atoms with van der Waals surface area (Å²) in [6, 6.07) is 3.34. The van der Waals surface area contributed by atoms with E-state index in [1.165, 1.54) is 57.8 Å². The van der Waals surface area contributed by atoms with Crippen LogP contribution in [-0.2, 0) is 0 Å². The zero-order valence-electron chi connectivity index (χ0n) is 13.8. The van der Waals surface area contributed by atoms with Crippen LogP contribution in [0.3, 0.4) is 0 Å². The molecular weight excluding hydrogens is 274 g/mol. The SMILES string of the molecule is CCCCCCCCCCCC=Cc1ccc(C(=O)O)nc1. The molecule has 0 aliphatic carbocycles. The molecule has 3 heteroatoms. The van der Waals surface area contributed by atoms with Crippen LogP contribution in [-0.4, -0.2) is 16.1 Å². The maximum Gasteiger partial charge on any atom is 0.354 e. The van der Waals surface area contributed by atoms with Crippen LogP contribution in [0.1, 0.15) is 87.2 Å². The van der Waals surface area contributed by atoms with Crippen LogP contribution >= 0.6 is 0 Å². The van der Waals surface area contributed by atoms with E-state index in [4.69, 9.17) is 5.11 Å². The van der Waals surface area contributed by atoms with Gasteiger partial charge in [0.25, 0.3) is 0 Å². The van der Waals surface area contributed by atoms with Crippen molar-refractivity contribution in [1.29, 1.82) is 0 Å². The molecule has 0 saturated heterocycles. The quantitative estimate of drug-likeness (QED) is 0.503. The van der Waals surface area contributed by atoms with Gasteiger partial charge in [-0.3, -0.25) is 0 Å². The maximum atomic E-state index is 10.7. The predicted molar refractivity (Wildman–Crippen MR) is 92.1 cm³/mol. The Hall–Kier alpha value is -1.64. The van der Waals surface area contributed by atoms with E-state index >= 15 is 0 Å². The average Bonchev–Trinajstić information content (AvgIpc) is 2.53. The second kappa shape index (κ2) is 12.0. The first-order valence-corrected chi connectivity index (χ1v) is 8.60. The van der Waals surface area contributed by atoms with E-state index in [-0.39, 0.29) is 5.69 Å². The van der Waals surface area contributed by atoms with E-state index in [2.05, 4.69) is 18.0 Å². The van der Waals surface area contributed by atoms with E-state index in [0.29, 0.717) is 0 Å². The topological polar surface area (TPSA) is 50.2 Å². The summed E-state index contributed by atoms with van der Waals surface area (Å²) in [6.07, 6.45) is 19.0. The van der Waals surface area contributed by atoms with Crippen molar-refractivity contribution in [2.45, 2.75) is 71.1 Å². The highest BCUT2D eigenvalue weighted by molar-refractivity contribution is 5.85. The van der Waals surface area contributed by atoms with Gasteiger partial charge in [0.2, 0.25) is 0 Å². The first-order chi connectivity index (χ1) is 10.7. The molecule has 0 aliphatic rings. The van der Waals surface area contributed by atoms with Gasteiger partial charge in [-0.15, -0.1) is 0 Å². The summed E-state index contributed by atoms with van der Waals surface area (Å²) in [6.45, 7) is 2.25.